The van der Waals surface area contributed by atoms with Gasteiger partial charge in [0.25, 0.3) is 0 Å². The van der Waals surface area contributed by atoms with Crippen molar-refractivity contribution in [3.05, 3.63) is 11.8 Å². The Morgan fingerprint density at radius 2 is 1.83 bits per heavy atom. The molecule has 0 saturated carbocycles. The molecule has 12 heavy (non-hydrogen) atoms. The molecule has 0 aromatic carbocycles. The van der Waals surface area contributed by atoms with Crippen LogP contribution in [-0.2, 0) is 0 Å². The van der Waals surface area contributed by atoms with Crippen LogP contribution in [0.15, 0.2) is 11.8 Å². The van der Waals surface area contributed by atoms with Gasteiger partial charge in [0.2, 0.25) is 0 Å². The fourth-order valence-electron chi connectivity index (χ4n) is 1.75. The highest BCUT2D eigenvalue weighted by Gasteiger charge is 2.16. The lowest BCUT2D eigenvalue weighted by atomic mass is 10.1. The monoisotopic (exact) mass is 168 g/mol. The molecule has 0 bridgehead atoms. The van der Waals surface area contributed by atoms with Crippen molar-refractivity contribution in [1.82, 2.24) is 9.80 Å². The molecule has 70 valence electrons. The summed E-state index contributed by atoms with van der Waals surface area (Å²) in [6.07, 6.45) is 2.14. The van der Waals surface area contributed by atoms with Crippen LogP contribution in [-0.4, -0.2) is 43.5 Å². The highest BCUT2D eigenvalue weighted by atomic mass is 15.2. The fourth-order valence-corrected chi connectivity index (χ4v) is 1.75. The molecule has 2 heterocycles. The van der Waals surface area contributed by atoms with Crippen molar-refractivity contribution >= 4 is 0 Å². The average Bonchev–Trinajstić information content (AvgIpc) is 1.84. The van der Waals surface area contributed by atoms with E-state index in [1.807, 2.05) is 0 Å². The molecule has 2 rings (SSSR count). The highest BCUT2D eigenvalue weighted by molar-refractivity contribution is 5.09. The van der Waals surface area contributed by atoms with Crippen LogP contribution in [0.5, 0.6) is 0 Å². The van der Waals surface area contributed by atoms with Crippen LogP contribution in [0.25, 0.3) is 0 Å². The quantitative estimate of drug-likeness (QED) is 0.539. The first-order valence-corrected chi connectivity index (χ1v) is 4.64. The summed E-state index contributed by atoms with van der Waals surface area (Å²) in [5.74, 6) is 0.968. The van der Waals surface area contributed by atoms with Crippen LogP contribution < -0.4 is 0 Å². The van der Waals surface area contributed by atoms with E-state index in [2.05, 4.69) is 43.9 Å². The molecule has 2 heteroatoms. The van der Waals surface area contributed by atoms with Crippen molar-refractivity contribution in [2.75, 3.05) is 33.7 Å². The Bertz CT molecular complexity index is 163. The number of rotatable bonds is 0. The summed E-state index contributed by atoms with van der Waals surface area (Å²) in [6, 6.07) is 0. The molecule has 0 aromatic rings. The summed E-state index contributed by atoms with van der Waals surface area (Å²) in [5, 5.41) is 0. The second kappa shape index (κ2) is 3.94. The predicted octanol–water partition coefficient (Wildman–Crippen LogP) is 1.40. The molecular weight excluding hydrogens is 148 g/mol. The van der Waals surface area contributed by atoms with Gasteiger partial charge in [-0.05, 0) is 31.7 Å². The lowest BCUT2D eigenvalue weighted by molar-refractivity contribution is 0.149. The molecule has 1 fully saturated rings. The molecule has 2 aliphatic rings. The van der Waals surface area contributed by atoms with E-state index in [-0.39, 0.29) is 0 Å². The maximum absolute atomic E-state index is 2.32. The molecule has 0 amide bonds. The van der Waals surface area contributed by atoms with Gasteiger partial charge in [0, 0.05) is 26.7 Å². The van der Waals surface area contributed by atoms with Gasteiger partial charge in [-0.1, -0.05) is 6.92 Å². The maximum Gasteiger partial charge on any atom is 0.0394 e. The van der Waals surface area contributed by atoms with Crippen molar-refractivity contribution in [2.24, 2.45) is 5.92 Å². The third-order valence-electron chi connectivity index (χ3n) is 2.19. The Hall–Kier alpha value is -0.500. The SMILES string of the molecule is CC1=CN(C)C1.CC1CN(C)C1. The fraction of sp³-hybridized carbons (Fsp3) is 0.800. The number of likely N-dealkylation sites (tertiary alicyclic amines) is 1. The normalized spacial score (nSPS) is 23.3. The van der Waals surface area contributed by atoms with Crippen LogP contribution in [0, 0.1) is 5.92 Å². The Labute approximate surface area is 75.8 Å². The van der Waals surface area contributed by atoms with E-state index in [0.717, 1.165) is 5.92 Å². The highest BCUT2D eigenvalue weighted by Crippen LogP contribution is 2.09. The largest absolute Gasteiger partial charge is 0.376 e. The van der Waals surface area contributed by atoms with Crippen LogP contribution >= 0.6 is 0 Å². The first-order valence-electron chi connectivity index (χ1n) is 4.64. The molecule has 2 nitrogen and oxygen atoms in total. The zero-order valence-corrected chi connectivity index (χ0v) is 8.67. The predicted molar refractivity (Wildman–Crippen MR) is 53.0 cm³/mol. The Morgan fingerprint density at radius 1 is 1.33 bits per heavy atom. The Morgan fingerprint density at radius 3 is 1.83 bits per heavy atom. The molecule has 2 aliphatic heterocycles. The van der Waals surface area contributed by atoms with Gasteiger partial charge < -0.3 is 9.80 Å². The standard InChI is InChI=1S/C5H11N.C5H9N/c2*1-5-3-6(2)4-5/h5H,3-4H2,1-2H3;3H,4H2,1-2H3. The minimum Gasteiger partial charge on any atom is -0.376 e. The molecule has 0 aromatic heterocycles. The lowest BCUT2D eigenvalue weighted by Gasteiger charge is -2.33. The zero-order chi connectivity index (χ0) is 9.14. The number of nitrogens with zero attached hydrogens (tertiary/aromatic N) is 2. The molecule has 1 saturated heterocycles. The van der Waals surface area contributed by atoms with E-state index in [1.165, 1.54) is 25.2 Å². The summed E-state index contributed by atoms with van der Waals surface area (Å²) >= 11 is 0. The van der Waals surface area contributed by atoms with Crippen LogP contribution in [0.3, 0.4) is 0 Å². The van der Waals surface area contributed by atoms with Crippen LogP contribution in [0.4, 0.5) is 0 Å². The van der Waals surface area contributed by atoms with Gasteiger partial charge in [-0.2, -0.15) is 0 Å². The van der Waals surface area contributed by atoms with Crippen molar-refractivity contribution in [1.29, 1.82) is 0 Å². The lowest BCUT2D eigenvalue weighted by Crippen LogP contribution is -2.41. The van der Waals surface area contributed by atoms with E-state index >= 15 is 0 Å². The Balaban J connectivity index is 0.000000120. The molecule has 0 radical (unpaired) electrons. The second-order valence-corrected chi connectivity index (χ2v) is 4.22. The van der Waals surface area contributed by atoms with Crippen LogP contribution in [0.1, 0.15) is 13.8 Å². The van der Waals surface area contributed by atoms with Gasteiger partial charge in [-0.15, -0.1) is 0 Å². The van der Waals surface area contributed by atoms with E-state index in [1.54, 1.807) is 0 Å². The average molecular weight is 168 g/mol. The smallest absolute Gasteiger partial charge is 0.0394 e. The van der Waals surface area contributed by atoms with Crippen LogP contribution in [0.2, 0.25) is 0 Å². The minimum atomic E-state index is 0.968. The molecule has 0 aliphatic carbocycles. The summed E-state index contributed by atoms with van der Waals surface area (Å²) in [4.78, 5) is 4.49. The summed E-state index contributed by atoms with van der Waals surface area (Å²) in [7, 11) is 4.23. The van der Waals surface area contributed by atoms with Crippen molar-refractivity contribution in [3.63, 3.8) is 0 Å². The van der Waals surface area contributed by atoms with Gasteiger partial charge in [0.15, 0.2) is 0 Å². The molecule has 0 spiro atoms. The summed E-state index contributed by atoms with van der Waals surface area (Å²) in [6.45, 7) is 8.19. The molecule has 0 N–H and O–H groups in total. The van der Waals surface area contributed by atoms with E-state index in [0.29, 0.717) is 0 Å². The van der Waals surface area contributed by atoms with Gasteiger partial charge in [-0.3, -0.25) is 0 Å². The maximum atomic E-state index is 2.32. The first kappa shape index (κ1) is 9.59. The zero-order valence-electron chi connectivity index (χ0n) is 8.67. The first-order chi connectivity index (χ1) is 5.58. The van der Waals surface area contributed by atoms with Gasteiger partial charge in [-0.25, -0.2) is 0 Å². The summed E-state index contributed by atoms with van der Waals surface area (Å²) < 4.78 is 0. The third kappa shape index (κ3) is 2.86. The van der Waals surface area contributed by atoms with Gasteiger partial charge >= 0.3 is 0 Å². The molecular formula is C10H20N2. The molecule has 0 atom stereocenters. The van der Waals surface area contributed by atoms with E-state index in [4.69, 9.17) is 0 Å². The van der Waals surface area contributed by atoms with Crippen molar-refractivity contribution in [3.8, 4) is 0 Å². The van der Waals surface area contributed by atoms with Crippen molar-refractivity contribution in [2.45, 2.75) is 13.8 Å². The van der Waals surface area contributed by atoms with Crippen molar-refractivity contribution < 1.29 is 0 Å². The van der Waals surface area contributed by atoms with E-state index < -0.39 is 0 Å². The number of hydrogen-bond acceptors (Lipinski definition) is 2. The number of hydrogen-bond donors (Lipinski definition) is 0. The third-order valence-corrected chi connectivity index (χ3v) is 2.19. The van der Waals surface area contributed by atoms with Gasteiger partial charge in [0.1, 0.15) is 0 Å². The second-order valence-electron chi connectivity index (χ2n) is 4.22. The van der Waals surface area contributed by atoms with Gasteiger partial charge in [0.05, 0.1) is 0 Å². The Kier molecular flexibility index (Phi) is 3.15. The topological polar surface area (TPSA) is 6.48 Å². The molecule has 0 unspecified atom stereocenters. The number of likely N-dealkylation sites (N-methyl/N-ethyl adjacent to an activating group) is 1. The summed E-state index contributed by atoms with van der Waals surface area (Å²) in [5.41, 5.74) is 1.48. The van der Waals surface area contributed by atoms with E-state index in [9.17, 15) is 0 Å². The minimum absolute atomic E-state index is 0.968.